The second-order valence-corrected chi connectivity index (χ2v) is 6.40. The van der Waals surface area contributed by atoms with E-state index in [-0.39, 0.29) is 17.2 Å². The highest BCUT2D eigenvalue weighted by molar-refractivity contribution is 8.00. The van der Waals surface area contributed by atoms with Gasteiger partial charge in [-0.1, -0.05) is 19.4 Å². The zero-order valence-corrected chi connectivity index (χ0v) is 13.8. The Kier molecular flexibility index (Phi) is 6.77. The Bertz CT molecular complexity index is 556. The summed E-state index contributed by atoms with van der Waals surface area (Å²) in [6, 6.07) is 2.10. The summed E-state index contributed by atoms with van der Waals surface area (Å²) in [6.45, 7) is 3.67. The number of unbranched alkanes of at least 4 members (excludes halogenated alkanes) is 1. The third-order valence-electron chi connectivity index (χ3n) is 3.63. The number of hydrogen-bond acceptors (Lipinski definition) is 3. The lowest BCUT2D eigenvalue weighted by Crippen LogP contribution is -2.30. The average molecular weight is 347 g/mol. The van der Waals surface area contributed by atoms with E-state index in [1.165, 1.54) is 22.7 Å². The van der Waals surface area contributed by atoms with Gasteiger partial charge in [0.05, 0.1) is 5.75 Å². The molecule has 0 saturated carbocycles. The number of hydrogen-bond donors (Lipinski definition) is 0. The molecule has 1 saturated heterocycles. The highest BCUT2D eigenvalue weighted by Crippen LogP contribution is 2.40. The lowest BCUT2D eigenvalue weighted by atomic mass is 10.1. The Morgan fingerprint density at radius 1 is 1.22 bits per heavy atom. The number of carbonyl (C=O) groups excluding carboxylic acids is 1. The van der Waals surface area contributed by atoms with Crippen LogP contribution in [0.5, 0.6) is 0 Å². The number of ether oxygens (including phenoxy) is 1. The first kappa shape index (κ1) is 18.1. The van der Waals surface area contributed by atoms with Crippen molar-refractivity contribution in [2.75, 3.05) is 25.5 Å². The van der Waals surface area contributed by atoms with Crippen LogP contribution in [-0.2, 0) is 9.53 Å². The molecule has 3 nitrogen and oxygen atoms in total. The highest BCUT2D eigenvalue weighted by Gasteiger charge is 2.35. The molecule has 0 radical (unpaired) electrons. The van der Waals surface area contributed by atoms with E-state index < -0.39 is 22.8 Å². The Labute approximate surface area is 138 Å². The van der Waals surface area contributed by atoms with Gasteiger partial charge in [0.1, 0.15) is 5.37 Å². The van der Waals surface area contributed by atoms with Crippen LogP contribution < -0.4 is 0 Å². The van der Waals surface area contributed by atoms with E-state index >= 15 is 0 Å². The number of nitrogens with zero attached hydrogens (tertiary/aromatic N) is 1. The van der Waals surface area contributed by atoms with Gasteiger partial charge >= 0.3 is 0 Å². The van der Waals surface area contributed by atoms with Crippen molar-refractivity contribution in [2.24, 2.45) is 0 Å². The maximum absolute atomic E-state index is 14.0. The van der Waals surface area contributed by atoms with E-state index in [9.17, 15) is 18.0 Å². The molecule has 1 heterocycles. The zero-order chi connectivity index (χ0) is 16.8. The average Bonchev–Trinajstić information content (AvgIpc) is 2.90. The van der Waals surface area contributed by atoms with Gasteiger partial charge in [-0.25, -0.2) is 13.2 Å². The molecule has 1 unspecified atom stereocenters. The maximum atomic E-state index is 14.0. The number of thioether (sulfide) groups is 1. The Hall–Kier alpha value is -1.21. The molecule has 2 rings (SSSR count). The van der Waals surface area contributed by atoms with Crippen LogP contribution in [0, 0.1) is 17.5 Å². The van der Waals surface area contributed by atoms with Crippen molar-refractivity contribution in [1.82, 2.24) is 4.90 Å². The lowest BCUT2D eigenvalue weighted by Gasteiger charge is -2.24. The van der Waals surface area contributed by atoms with Crippen molar-refractivity contribution in [2.45, 2.75) is 31.6 Å². The fourth-order valence-electron chi connectivity index (χ4n) is 2.37. The normalized spacial score (nSPS) is 18.0. The Balaban J connectivity index is 1.98. The fourth-order valence-corrected chi connectivity index (χ4v) is 3.60. The highest BCUT2D eigenvalue weighted by atomic mass is 32.2. The third-order valence-corrected chi connectivity index (χ3v) is 4.87. The minimum Gasteiger partial charge on any atom is -0.381 e. The quantitative estimate of drug-likeness (QED) is 0.528. The van der Waals surface area contributed by atoms with Crippen LogP contribution in [0.25, 0.3) is 0 Å². The summed E-state index contributed by atoms with van der Waals surface area (Å²) in [7, 11) is 0. The van der Waals surface area contributed by atoms with Crippen LogP contribution in [0.1, 0.15) is 37.1 Å². The Morgan fingerprint density at radius 3 is 2.70 bits per heavy atom. The van der Waals surface area contributed by atoms with Crippen molar-refractivity contribution in [3.63, 3.8) is 0 Å². The second kappa shape index (κ2) is 8.59. The van der Waals surface area contributed by atoms with Crippen molar-refractivity contribution < 1.29 is 22.7 Å². The number of rotatable bonds is 8. The van der Waals surface area contributed by atoms with Gasteiger partial charge in [-0.3, -0.25) is 4.79 Å². The van der Waals surface area contributed by atoms with Crippen molar-refractivity contribution >= 4 is 17.7 Å². The summed E-state index contributed by atoms with van der Waals surface area (Å²) in [5.74, 6) is -3.86. The lowest BCUT2D eigenvalue weighted by molar-refractivity contribution is -0.128. The summed E-state index contributed by atoms with van der Waals surface area (Å²) in [4.78, 5) is 13.5. The van der Waals surface area contributed by atoms with Gasteiger partial charge in [-0.15, -0.1) is 11.8 Å². The minimum absolute atomic E-state index is 0.00616. The predicted octanol–water partition coefficient (Wildman–Crippen LogP) is 3.88. The molecule has 0 N–H and O–H groups in total. The van der Waals surface area contributed by atoms with Gasteiger partial charge in [0.25, 0.3) is 0 Å². The number of halogens is 3. The molecule has 1 aliphatic heterocycles. The van der Waals surface area contributed by atoms with Crippen LogP contribution in [0.15, 0.2) is 12.1 Å². The van der Waals surface area contributed by atoms with Crippen LogP contribution in [0.2, 0.25) is 0 Å². The molecule has 0 bridgehead atoms. The molecule has 0 aliphatic carbocycles. The van der Waals surface area contributed by atoms with Gasteiger partial charge in [0.15, 0.2) is 17.5 Å². The smallest absolute Gasteiger partial charge is 0.233 e. The molecule has 1 fully saturated rings. The first-order chi connectivity index (χ1) is 11.1. The first-order valence-corrected chi connectivity index (χ1v) is 8.73. The van der Waals surface area contributed by atoms with Crippen LogP contribution in [0.4, 0.5) is 13.2 Å². The summed E-state index contributed by atoms with van der Waals surface area (Å²) in [5.41, 5.74) is 0.00616. The van der Waals surface area contributed by atoms with E-state index in [0.717, 1.165) is 18.9 Å². The van der Waals surface area contributed by atoms with E-state index in [1.54, 1.807) is 0 Å². The van der Waals surface area contributed by atoms with Crippen LogP contribution in [0.3, 0.4) is 0 Å². The van der Waals surface area contributed by atoms with Gasteiger partial charge in [-0.05, 0) is 18.9 Å². The van der Waals surface area contributed by atoms with Crippen molar-refractivity contribution in [1.29, 1.82) is 0 Å². The molecule has 1 aromatic rings. The molecular weight excluding hydrogens is 327 g/mol. The summed E-state index contributed by atoms with van der Waals surface area (Å²) < 4.78 is 45.9. The second-order valence-electron chi connectivity index (χ2n) is 5.33. The largest absolute Gasteiger partial charge is 0.381 e. The standard InChI is InChI=1S/C16H20F3NO2S/c1-2-3-8-22-9-4-7-20-13(21)10-23-16(20)11-5-6-12(17)15(19)14(11)18/h5-6,16H,2-4,7-10H2,1H3. The van der Waals surface area contributed by atoms with Crippen LogP contribution in [-0.4, -0.2) is 36.3 Å². The SMILES string of the molecule is CCCCOCCCN1C(=O)CSC1c1ccc(F)c(F)c1F. The van der Waals surface area contributed by atoms with Gasteiger partial charge in [0.2, 0.25) is 5.91 Å². The van der Waals surface area contributed by atoms with Gasteiger partial charge in [-0.2, -0.15) is 0 Å². The maximum Gasteiger partial charge on any atom is 0.233 e. The van der Waals surface area contributed by atoms with Crippen molar-refractivity contribution in [3.8, 4) is 0 Å². The molecule has 1 aromatic carbocycles. The molecule has 1 atom stereocenters. The molecule has 7 heteroatoms. The molecular formula is C16H20F3NO2S. The molecule has 23 heavy (non-hydrogen) atoms. The first-order valence-electron chi connectivity index (χ1n) is 7.68. The molecule has 128 valence electrons. The fraction of sp³-hybridized carbons (Fsp3) is 0.562. The minimum atomic E-state index is -1.50. The van der Waals surface area contributed by atoms with Crippen molar-refractivity contribution in [3.05, 3.63) is 35.1 Å². The van der Waals surface area contributed by atoms with E-state index in [4.69, 9.17) is 4.74 Å². The number of benzene rings is 1. The monoisotopic (exact) mass is 347 g/mol. The third kappa shape index (κ3) is 4.41. The van der Waals surface area contributed by atoms with E-state index in [2.05, 4.69) is 6.92 Å². The molecule has 0 spiro atoms. The zero-order valence-electron chi connectivity index (χ0n) is 13.0. The topological polar surface area (TPSA) is 29.5 Å². The molecule has 0 aromatic heterocycles. The van der Waals surface area contributed by atoms with E-state index in [1.807, 2.05) is 0 Å². The Morgan fingerprint density at radius 2 is 1.96 bits per heavy atom. The summed E-state index contributed by atoms with van der Waals surface area (Å²) >= 11 is 1.22. The summed E-state index contributed by atoms with van der Waals surface area (Å²) in [6.07, 6.45) is 2.66. The summed E-state index contributed by atoms with van der Waals surface area (Å²) in [5, 5.41) is -0.617. The van der Waals surface area contributed by atoms with Gasteiger partial charge in [0, 0.05) is 25.3 Å². The van der Waals surface area contributed by atoms with Crippen LogP contribution >= 0.6 is 11.8 Å². The van der Waals surface area contributed by atoms with E-state index in [0.29, 0.717) is 26.2 Å². The molecule has 1 amide bonds. The number of amides is 1. The van der Waals surface area contributed by atoms with Gasteiger partial charge < -0.3 is 9.64 Å². The predicted molar refractivity (Wildman–Crippen MR) is 83.6 cm³/mol. The number of carbonyl (C=O) groups is 1. The molecule has 1 aliphatic rings.